The van der Waals surface area contributed by atoms with Crippen molar-refractivity contribution in [2.24, 2.45) is 0 Å². The topological polar surface area (TPSA) is 78.4 Å². The second kappa shape index (κ2) is 8.41. The lowest BCUT2D eigenvalue weighted by Crippen LogP contribution is -2.51. The van der Waals surface area contributed by atoms with Crippen molar-refractivity contribution >= 4 is 12.0 Å². The Morgan fingerprint density at radius 2 is 1.86 bits per heavy atom. The second-order valence-corrected chi connectivity index (χ2v) is 6.15. The minimum absolute atomic E-state index is 0.0367. The highest BCUT2D eigenvalue weighted by atomic mass is 16.4. The number of rotatable bonds is 8. The number of carboxylic acid groups (broad SMARTS) is 1. The van der Waals surface area contributed by atoms with Crippen LogP contribution in [0.2, 0.25) is 0 Å². The molecule has 0 aliphatic rings. The zero-order valence-corrected chi connectivity index (χ0v) is 13.6. The van der Waals surface area contributed by atoms with Gasteiger partial charge in [0, 0.05) is 18.0 Å². The molecular formula is C17H26N2O3. The maximum Gasteiger partial charge on any atom is 0.315 e. The van der Waals surface area contributed by atoms with Gasteiger partial charge in [-0.3, -0.25) is 4.79 Å². The number of hydrogen-bond acceptors (Lipinski definition) is 2. The Morgan fingerprint density at radius 1 is 1.23 bits per heavy atom. The molecule has 1 aromatic rings. The first-order valence-corrected chi connectivity index (χ1v) is 7.67. The van der Waals surface area contributed by atoms with Gasteiger partial charge in [0.1, 0.15) is 0 Å². The van der Waals surface area contributed by atoms with E-state index in [1.54, 1.807) is 0 Å². The molecule has 1 rings (SSSR count). The molecule has 1 atom stereocenters. The first-order chi connectivity index (χ1) is 10.3. The van der Waals surface area contributed by atoms with Gasteiger partial charge in [-0.2, -0.15) is 0 Å². The summed E-state index contributed by atoms with van der Waals surface area (Å²) in [5.74, 6) is -0.853. The maximum absolute atomic E-state index is 12.1. The van der Waals surface area contributed by atoms with E-state index in [1.807, 2.05) is 51.1 Å². The van der Waals surface area contributed by atoms with Crippen molar-refractivity contribution in [1.82, 2.24) is 10.6 Å². The summed E-state index contributed by atoms with van der Waals surface area (Å²) in [4.78, 5) is 22.9. The molecule has 0 bridgehead atoms. The van der Waals surface area contributed by atoms with E-state index in [0.29, 0.717) is 12.8 Å². The van der Waals surface area contributed by atoms with Gasteiger partial charge in [0.25, 0.3) is 0 Å². The summed E-state index contributed by atoms with van der Waals surface area (Å²) in [6.07, 6.45) is 1.88. The number of benzene rings is 1. The lowest BCUT2D eigenvalue weighted by molar-refractivity contribution is -0.137. The Balaban J connectivity index is 2.65. The van der Waals surface area contributed by atoms with E-state index in [4.69, 9.17) is 5.11 Å². The molecule has 2 amide bonds. The van der Waals surface area contributed by atoms with Crippen molar-refractivity contribution in [3.05, 3.63) is 35.9 Å². The van der Waals surface area contributed by atoms with Crippen LogP contribution < -0.4 is 10.6 Å². The lowest BCUT2D eigenvalue weighted by atomic mass is 10.0. The molecule has 5 nitrogen and oxygen atoms in total. The van der Waals surface area contributed by atoms with Gasteiger partial charge in [0.15, 0.2) is 0 Å². The lowest BCUT2D eigenvalue weighted by Gasteiger charge is -2.27. The van der Waals surface area contributed by atoms with Gasteiger partial charge < -0.3 is 15.7 Å². The van der Waals surface area contributed by atoms with Crippen molar-refractivity contribution in [2.75, 3.05) is 0 Å². The molecule has 0 aromatic heterocycles. The molecule has 0 fully saturated rings. The Morgan fingerprint density at radius 3 is 2.41 bits per heavy atom. The molecule has 0 spiro atoms. The van der Waals surface area contributed by atoms with Gasteiger partial charge >= 0.3 is 12.0 Å². The maximum atomic E-state index is 12.1. The van der Waals surface area contributed by atoms with Crippen LogP contribution in [0.5, 0.6) is 0 Å². The highest BCUT2D eigenvalue weighted by Gasteiger charge is 2.20. The quantitative estimate of drug-likeness (QED) is 0.691. The van der Waals surface area contributed by atoms with Crippen LogP contribution in [-0.2, 0) is 11.2 Å². The summed E-state index contributed by atoms with van der Waals surface area (Å²) in [5.41, 5.74) is 0.793. The normalized spacial score (nSPS) is 12.5. The molecule has 22 heavy (non-hydrogen) atoms. The fourth-order valence-electron chi connectivity index (χ4n) is 2.04. The summed E-state index contributed by atoms with van der Waals surface area (Å²) < 4.78 is 0. The van der Waals surface area contributed by atoms with E-state index in [9.17, 15) is 9.59 Å². The Labute approximate surface area is 132 Å². The minimum atomic E-state index is -0.853. The van der Waals surface area contributed by atoms with Gasteiger partial charge in [-0.1, -0.05) is 37.3 Å². The van der Waals surface area contributed by atoms with Crippen molar-refractivity contribution in [3.8, 4) is 0 Å². The van der Waals surface area contributed by atoms with E-state index in [1.165, 1.54) is 0 Å². The third kappa shape index (κ3) is 7.11. The monoisotopic (exact) mass is 306 g/mol. The molecule has 0 saturated heterocycles. The van der Waals surface area contributed by atoms with Crippen molar-refractivity contribution in [1.29, 1.82) is 0 Å². The fourth-order valence-corrected chi connectivity index (χ4v) is 2.04. The molecule has 0 heterocycles. The SMILES string of the molecule is CCC(C)(C)NC(=O)NC(CCC(=O)O)Cc1ccccc1. The predicted molar refractivity (Wildman–Crippen MR) is 86.8 cm³/mol. The van der Waals surface area contributed by atoms with Crippen LogP contribution in [0.25, 0.3) is 0 Å². The summed E-state index contributed by atoms with van der Waals surface area (Å²) >= 11 is 0. The summed E-state index contributed by atoms with van der Waals surface area (Å²) in [6.45, 7) is 5.91. The summed E-state index contributed by atoms with van der Waals surface area (Å²) in [5, 5.41) is 14.7. The van der Waals surface area contributed by atoms with Crippen LogP contribution in [-0.4, -0.2) is 28.7 Å². The Kier molecular flexibility index (Phi) is 6.89. The van der Waals surface area contributed by atoms with Crippen molar-refractivity contribution in [2.45, 2.75) is 58.0 Å². The largest absolute Gasteiger partial charge is 0.481 e. The Hall–Kier alpha value is -2.04. The molecule has 0 saturated carbocycles. The fraction of sp³-hybridized carbons (Fsp3) is 0.529. The number of hydrogen-bond donors (Lipinski definition) is 3. The number of carboxylic acids is 1. The van der Waals surface area contributed by atoms with Crippen LogP contribution in [0.3, 0.4) is 0 Å². The molecule has 3 N–H and O–H groups in total. The number of aliphatic carboxylic acids is 1. The Bertz CT molecular complexity index is 486. The van der Waals surface area contributed by atoms with E-state index in [0.717, 1.165) is 12.0 Å². The van der Waals surface area contributed by atoms with Crippen LogP contribution in [0.15, 0.2) is 30.3 Å². The van der Waals surface area contributed by atoms with Gasteiger partial charge in [-0.15, -0.1) is 0 Å². The molecule has 1 unspecified atom stereocenters. The number of nitrogens with one attached hydrogen (secondary N) is 2. The molecule has 122 valence electrons. The number of carbonyl (C=O) groups is 2. The van der Waals surface area contributed by atoms with E-state index in [-0.39, 0.29) is 24.0 Å². The van der Waals surface area contributed by atoms with E-state index >= 15 is 0 Å². The van der Waals surface area contributed by atoms with E-state index in [2.05, 4.69) is 10.6 Å². The van der Waals surface area contributed by atoms with Gasteiger partial charge in [0.2, 0.25) is 0 Å². The van der Waals surface area contributed by atoms with Gasteiger partial charge in [-0.05, 0) is 38.7 Å². The molecule has 0 aliphatic heterocycles. The van der Waals surface area contributed by atoms with Crippen molar-refractivity contribution in [3.63, 3.8) is 0 Å². The first-order valence-electron chi connectivity index (χ1n) is 7.67. The zero-order chi connectivity index (χ0) is 16.6. The van der Waals surface area contributed by atoms with Gasteiger partial charge in [0.05, 0.1) is 0 Å². The average molecular weight is 306 g/mol. The predicted octanol–water partition coefficient (Wildman–Crippen LogP) is 2.95. The standard InChI is InChI=1S/C17H26N2O3/c1-4-17(2,3)19-16(22)18-14(10-11-15(20)21)12-13-8-6-5-7-9-13/h5-9,14H,4,10-12H2,1-3H3,(H,20,21)(H2,18,19,22). The highest BCUT2D eigenvalue weighted by Crippen LogP contribution is 2.10. The molecule has 1 aromatic carbocycles. The summed E-state index contributed by atoms with van der Waals surface area (Å²) in [6, 6.07) is 9.30. The second-order valence-electron chi connectivity index (χ2n) is 6.15. The number of urea groups is 1. The van der Waals surface area contributed by atoms with Crippen molar-refractivity contribution < 1.29 is 14.7 Å². The van der Waals surface area contributed by atoms with Crippen LogP contribution in [0.1, 0.15) is 45.6 Å². The molecule has 0 radical (unpaired) electrons. The smallest absolute Gasteiger partial charge is 0.315 e. The third-order valence-electron chi connectivity index (χ3n) is 3.70. The van der Waals surface area contributed by atoms with Crippen LogP contribution in [0.4, 0.5) is 4.79 Å². The van der Waals surface area contributed by atoms with Crippen LogP contribution in [0, 0.1) is 0 Å². The third-order valence-corrected chi connectivity index (χ3v) is 3.70. The molecule has 5 heteroatoms. The van der Waals surface area contributed by atoms with E-state index < -0.39 is 5.97 Å². The van der Waals surface area contributed by atoms with Crippen LogP contribution >= 0.6 is 0 Å². The molecule has 0 aliphatic carbocycles. The first kappa shape index (κ1) is 18.0. The average Bonchev–Trinajstić information content (AvgIpc) is 2.45. The highest BCUT2D eigenvalue weighted by molar-refractivity contribution is 5.75. The number of amides is 2. The minimum Gasteiger partial charge on any atom is -0.481 e. The molecular weight excluding hydrogens is 280 g/mol. The zero-order valence-electron chi connectivity index (χ0n) is 13.6. The van der Waals surface area contributed by atoms with Gasteiger partial charge in [-0.25, -0.2) is 4.79 Å². The number of carbonyl (C=O) groups excluding carboxylic acids is 1. The summed E-state index contributed by atoms with van der Waals surface area (Å²) in [7, 11) is 0.